The summed E-state index contributed by atoms with van der Waals surface area (Å²) in [5, 5.41) is 3.41. The number of hydrogen-bond acceptors (Lipinski definition) is 5. The van der Waals surface area contributed by atoms with Crippen LogP contribution in [0.15, 0.2) is 33.1 Å². The van der Waals surface area contributed by atoms with Crippen LogP contribution in [0.5, 0.6) is 0 Å². The average molecular weight is 326 g/mol. The smallest absolute Gasteiger partial charge is 0.250 e. The Morgan fingerprint density at radius 2 is 2.19 bits per heavy atom. The first-order valence-electron chi connectivity index (χ1n) is 6.89. The van der Waals surface area contributed by atoms with Crippen molar-refractivity contribution in [1.29, 1.82) is 0 Å². The van der Waals surface area contributed by atoms with E-state index >= 15 is 0 Å². The van der Waals surface area contributed by atoms with Crippen molar-refractivity contribution in [1.82, 2.24) is 10.0 Å². The Hall–Kier alpha value is -1.15. The first kappa shape index (κ1) is 14.8. The summed E-state index contributed by atoms with van der Waals surface area (Å²) in [7, 11) is -3.48. The maximum atomic E-state index is 12.3. The van der Waals surface area contributed by atoms with Crippen molar-refractivity contribution in [3.8, 4) is 0 Å². The Morgan fingerprint density at radius 1 is 1.38 bits per heavy atom. The van der Waals surface area contributed by atoms with E-state index < -0.39 is 10.0 Å². The molecule has 1 aliphatic rings. The van der Waals surface area contributed by atoms with Gasteiger partial charge >= 0.3 is 0 Å². The van der Waals surface area contributed by atoms with Gasteiger partial charge in [-0.2, -0.15) is 0 Å². The maximum absolute atomic E-state index is 12.3. The van der Waals surface area contributed by atoms with Crippen LogP contribution in [0.4, 0.5) is 0 Å². The minimum Gasteiger partial charge on any atom is -0.468 e. The molecule has 0 aromatic carbocycles. The Labute approximate surface area is 128 Å². The molecular formula is C14H18N2O3S2. The number of rotatable bonds is 7. The van der Waals surface area contributed by atoms with Gasteiger partial charge < -0.3 is 9.73 Å². The largest absolute Gasteiger partial charge is 0.468 e. The van der Waals surface area contributed by atoms with Gasteiger partial charge in [0.05, 0.1) is 12.8 Å². The molecule has 1 fully saturated rings. The van der Waals surface area contributed by atoms with Crippen LogP contribution in [0, 0.1) is 6.92 Å². The van der Waals surface area contributed by atoms with Crippen LogP contribution in [0.1, 0.15) is 29.0 Å². The van der Waals surface area contributed by atoms with Gasteiger partial charge in [-0.3, -0.25) is 0 Å². The summed E-state index contributed by atoms with van der Waals surface area (Å²) < 4.78 is 32.6. The SMILES string of the molecule is Cc1cc(S(=O)(=O)NCc2ccco2)sc1CNC1CC1. The Morgan fingerprint density at radius 3 is 2.86 bits per heavy atom. The van der Waals surface area contributed by atoms with Gasteiger partial charge in [-0.25, -0.2) is 13.1 Å². The number of nitrogens with one attached hydrogen (secondary N) is 2. The van der Waals surface area contributed by atoms with E-state index in [9.17, 15) is 8.42 Å². The van der Waals surface area contributed by atoms with Crippen LogP contribution in [0.3, 0.4) is 0 Å². The molecule has 114 valence electrons. The van der Waals surface area contributed by atoms with Crippen molar-refractivity contribution >= 4 is 21.4 Å². The zero-order chi connectivity index (χ0) is 14.9. The molecule has 0 amide bonds. The average Bonchev–Trinajstić information content (AvgIpc) is 2.98. The van der Waals surface area contributed by atoms with E-state index in [-0.39, 0.29) is 6.54 Å². The van der Waals surface area contributed by atoms with Crippen LogP contribution in [-0.2, 0) is 23.1 Å². The van der Waals surface area contributed by atoms with Crippen molar-refractivity contribution < 1.29 is 12.8 Å². The number of hydrogen-bond donors (Lipinski definition) is 2. The van der Waals surface area contributed by atoms with E-state index in [1.54, 1.807) is 18.2 Å². The lowest BCUT2D eigenvalue weighted by Crippen LogP contribution is -2.22. The van der Waals surface area contributed by atoms with E-state index in [4.69, 9.17) is 4.42 Å². The zero-order valence-corrected chi connectivity index (χ0v) is 13.4. The molecule has 1 aliphatic carbocycles. The van der Waals surface area contributed by atoms with Gasteiger partial charge in [0.2, 0.25) is 10.0 Å². The molecule has 3 rings (SSSR count). The van der Waals surface area contributed by atoms with Gasteiger partial charge in [0, 0.05) is 17.5 Å². The predicted octanol–water partition coefficient (Wildman–Crippen LogP) is 2.38. The third-order valence-corrected chi connectivity index (χ3v) is 6.52. The van der Waals surface area contributed by atoms with E-state index in [0.29, 0.717) is 16.0 Å². The zero-order valence-electron chi connectivity index (χ0n) is 11.8. The molecule has 0 bridgehead atoms. The normalized spacial score (nSPS) is 15.5. The second-order valence-corrected chi connectivity index (χ2v) is 8.36. The van der Waals surface area contributed by atoms with Crippen LogP contribution in [0.2, 0.25) is 0 Å². The van der Waals surface area contributed by atoms with Crippen LogP contribution < -0.4 is 10.0 Å². The van der Waals surface area contributed by atoms with Crippen LogP contribution >= 0.6 is 11.3 Å². The maximum Gasteiger partial charge on any atom is 0.250 e. The molecule has 2 aromatic heterocycles. The summed E-state index contributed by atoms with van der Waals surface area (Å²) in [6.45, 7) is 2.86. The van der Waals surface area contributed by atoms with Crippen LogP contribution in [0.25, 0.3) is 0 Å². The Balaban J connectivity index is 1.67. The molecule has 0 radical (unpaired) electrons. The number of thiophene rings is 1. The fraction of sp³-hybridized carbons (Fsp3) is 0.429. The Kier molecular flexibility index (Phi) is 4.17. The molecule has 5 nitrogen and oxygen atoms in total. The number of sulfonamides is 1. The molecule has 0 atom stereocenters. The second-order valence-electron chi connectivity index (χ2n) is 5.23. The predicted molar refractivity (Wildman–Crippen MR) is 81.7 cm³/mol. The van der Waals surface area contributed by atoms with Crippen molar-refractivity contribution in [2.24, 2.45) is 0 Å². The highest BCUT2D eigenvalue weighted by Gasteiger charge is 2.22. The van der Waals surface area contributed by atoms with Crippen molar-refractivity contribution in [3.05, 3.63) is 40.7 Å². The number of furan rings is 1. The molecule has 21 heavy (non-hydrogen) atoms. The van der Waals surface area contributed by atoms with Gasteiger partial charge in [-0.15, -0.1) is 11.3 Å². The Bertz CT molecular complexity index is 701. The summed E-state index contributed by atoms with van der Waals surface area (Å²) in [5.74, 6) is 0.600. The molecule has 0 unspecified atom stereocenters. The lowest BCUT2D eigenvalue weighted by molar-refractivity contribution is 0.499. The highest BCUT2D eigenvalue weighted by Crippen LogP contribution is 2.27. The molecule has 0 spiro atoms. The summed E-state index contributed by atoms with van der Waals surface area (Å²) in [6, 6.07) is 5.83. The first-order valence-corrected chi connectivity index (χ1v) is 9.19. The summed E-state index contributed by atoms with van der Waals surface area (Å²) >= 11 is 1.33. The third-order valence-electron chi connectivity index (χ3n) is 3.41. The summed E-state index contributed by atoms with van der Waals surface area (Å²) in [5.41, 5.74) is 1.02. The molecule has 2 N–H and O–H groups in total. The second kappa shape index (κ2) is 5.92. The van der Waals surface area contributed by atoms with Gasteiger partial charge in [0.25, 0.3) is 0 Å². The fourth-order valence-corrected chi connectivity index (χ4v) is 4.55. The molecule has 0 aliphatic heterocycles. The highest BCUT2D eigenvalue weighted by molar-refractivity contribution is 7.91. The van der Waals surface area contributed by atoms with E-state index in [1.807, 2.05) is 6.92 Å². The van der Waals surface area contributed by atoms with Crippen molar-refractivity contribution in [3.63, 3.8) is 0 Å². The molecule has 2 aromatic rings. The van der Waals surface area contributed by atoms with Gasteiger partial charge in [-0.05, 0) is 43.5 Å². The monoisotopic (exact) mass is 326 g/mol. The van der Waals surface area contributed by atoms with E-state index in [1.165, 1.54) is 30.4 Å². The van der Waals surface area contributed by atoms with Crippen molar-refractivity contribution in [2.75, 3.05) is 0 Å². The topological polar surface area (TPSA) is 71.3 Å². The van der Waals surface area contributed by atoms with Gasteiger partial charge in [-0.1, -0.05) is 0 Å². The fourth-order valence-electron chi connectivity index (χ4n) is 1.97. The minimum absolute atomic E-state index is 0.169. The van der Waals surface area contributed by atoms with Gasteiger partial charge in [0.1, 0.15) is 9.97 Å². The standard InChI is InChI=1S/C14H18N2O3S2/c1-10-7-14(20-13(10)9-15-11-4-5-11)21(17,18)16-8-12-3-2-6-19-12/h2-3,6-7,11,15-16H,4-5,8-9H2,1H3. The molecule has 0 saturated heterocycles. The molecule has 7 heteroatoms. The molecule has 2 heterocycles. The lowest BCUT2D eigenvalue weighted by Gasteiger charge is -2.02. The lowest BCUT2D eigenvalue weighted by atomic mass is 10.3. The van der Waals surface area contributed by atoms with E-state index in [0.717, 1.165) is 17.0 Å². The number of aryl methyl sites for hydroxylation is 1. The van der Waals surface area contributed by atoms with Crippen LogP contribution in [-0.4, -0.2) is 14.5 Å². The summed E-state index contributed by atoms with van der Waals surface area (Å²) in [6.07, 6.45) is 3.97. The quantitative estimate of drug-likeness (QED) is 0.819. The highest BCUT2D eigenvalue weighted by atomic mass is 32.2. The van der Waals surface area contributed by atoms with Gasteiger partial charge in [0.15, 0.2) is 0 Å². The first-order chi connectivity index (χ1) is 10.0. The molecular weight excluding hydrogens is 308 g/mol. The minimum atomic E-state index is -3.48. The van der Waals surface area contributed by atoms with Crippen molar-refractivity contribution in [2.45, 2.75) is 43.1 Å². The third kappa shape index (κ3) is 3.74. The van der Waals surface area contributed by atoms with E-state index in [2.05, 4.69) is 10.0 Å². The molecule has 1 saturated carbocycles. The summed E-state index contributed by atoms with van der Waals surface area (Å²) in [4.78, 5) is 1.08.